The minimum atomic E-state index is -1.91. The van der Waals surface area contributed by atoms with Crippen LogP contribution in [0.2, 0.25) is 5.02 Å². The van der Waals surface area contributed by atoms with E-state index >= 15 is 0 Å². The molecule has 1 aliphatic heterocycles. The number of hydrogen-bond donors (Lipinski definition) is 0. The zero-order valence-electron chi connectivity index (χ0n) is 11.6. The summed E-state index contributed by atoms with van der Waals surface area (Å²) in [5, 5.41) is 0.711. The van der Waals surface area contributed by atoms with Crippen molar-refractivity contribution in [2.75, 3.05) is 0 Å². The molecule has 0 saturated carbocycles. The van der Waals surface area contributed by atoms with Crippen LogP contribution < -0.4 is 17.2 Å². The summed E-state index contributed by atoms with van der Waals surface area (Å²) in [6, 6.07) is 23.8. The van der Waals surface area contributed by atoms with Crippen LogP contribution in [0.15, 0.2) is 72.8 Å². The third-order valence-corrected chi connectivity index (χ3v) is 7.86. The van der Waals surface area contributed by atoms with Gasteiger partial charge in [0, 0.05) is 0 Å². The van der Waals surface area contributed by atoms with Crippen molar-refractivity contribution >= 4 is 35.3 Å². The molecule has 0 bridgehead atoms. The van der Waals surface area contributed by atoms with Gasteiger partial charge in [-0.2, -0.15) is 0 Å². The Balaban J connectivity index is 1.79. The van der Waals surface area contributed by atoms with E-state index in [1.165, 1.54) is 8.70 Å². The van der Waals surface area contributed by atoms with Crippen LogP contribution in [-0.4, -0.2) is 15.0 Å². The number of hydrogen-bond acceptors (Lipinski definition) is 2. The molecule has 3 aromatic carbocycles. The number of fused-ring (bicyclic) bond motifs is 2. The summed E-state index contributed by atoms with van der Waals surface area (Å²) in [6.07, 6.45) is 0. The zero-order valence-corrected chi connectivity index (χ0v) is 14.2. The fourth-order valence-corrected chi connectivity index (χ4v) is 6.42. The Bertz CT molecular complexity index is 772. The van der Waals surface area contributed by atoms with Gasteiger partial charge in [0.1, 0.15) is 0 Å². The van der Waals surface area contributed by atoms with Crippen molar-refractivity contribution in [3.63, 3.8) is 0 Å². The SMILES string of the molecule is Clc1ccc(O[As]2c3ccccc3Oc3ccccc32)cc1. The molecule has 4 heteroatoms. The van der Waals surface area contributed by atoms with Crippen LogP contribution in [0.5, 0.6) is 17.2 Å². The first-order valence-electron chi connectivity index (χ1n) is 6.91. The maximum absolute atomic E-state index is 6.37. The molecule has 0 fully saturated rings. The first-order chi connectivity index (χ1) is 10.8. The average molecular weight is 371 g/mol. The van der Waals surface area contributed by atoms with Crippen LogP contribution in [0.25, 0.3) is 0 Å². The summed E-state index contributed by atoms with van der Waals surface area (Å²) < 4.78 is 14.7. The summed E-state index contributed by atoms with van der Waals surface area (Å²) in [7, 11) is 0. The van der Waals surface area contributed by atoms with Crippen molar-refractivity contribution in [2.24, 2.45) is 0 Å². The summed E-state index contributed by atoms with van der Waals surface area (Å²) in [6.45, 7) is 0. The Kier molecular flexibility index (Phi) is 3.57. The molecular formula is C18H12AsClO2. The summed E-state index contributed by atoms with van der Waals surface area (Å²) >= 11 is 4.04. The van der Waals surface area contributed by atoms with E-state index in [1.54, 1.807) is 0 Å². The van der Waals surface area contributed by atoms with Crippen LogP contribution in [0.3, 0.4) is 0 Å². The molecule has 0 spiro atoms. The van der Waals surface area contributed by atoms with Crippen molar-refractivity contribution < 1.29 is 8.46 Å². The molecule has 4 rings (SSSR count). The molecule has 0 saturated heterocycles. The van der Waals surface area contributed by atoms with E-state index in [2.05, 4.69) is 12.1 Å². The van der Waals surface area contributed by atoms with Gasteiger partial charge in [-0.3, -0.25) is 0 Å². The van der Waals surface area contributed by atoms with Crippen LogP contribution in [0.1, 0.15) is 0 Å². The van der Waals surface area contributed by atoms with Gasteiger partial charge in [-0.25, -0.2) is 0 Å². The topological polar surface area (TPSA) is 18.5 Å². The van der Waals surface area contributed by atoms with E-state index in [-0.39, 0.29) is 0 Å². The first kappa shape index (κ1) is 13.7. The Labute approximate surface area is 138 Å². The Hall–Kier alpha value is -1.89. The predicted molar refractivity (Wildman–Crippen MR) is 90.1 cm³/mol. The second-order valence-corrected chi connectivity index (χ2v) is 8.95. The van der Waals surface area contributed by atoms with Gasteiger partial charge >= 0.3 is 139 Å². The van der Waals surface area contributed by atoms with Gasteiger partial charge in [0.2, 0.25) is 0 Å². The summed E-state index contributed by atoms with van der Waals surface area (Å²) in [5.41, 5.74) is 0. The Morgan fingerprint density at radius 1 is 0.727 bits per heavy atom. The molecule has 0 amide bonds. The van der Waals surface area contributed by atoms with Crippen LogP contribution in [-0.2, 0) is 0 Å². The first-order valence-corrected chi connectivity index (χ1v) is 9.93. The van der Waals surface area contributed by atoms with Crippen molar-refractivity contribution in [1.82, 2.24) is 0 Å². The van der Waals surface area contributed by atoms with Gasteiger partial charge in [-0.1, -0.05) is 0 Å². The fraction of sp³-hybridized carbons (Fsp3) is 0. The molecule has 108 valence electrons. The van der Waals surface area contributed by atoms with Crippen LogP contribution in [0.4, 0.5) is 0 Å². The van der Waals surface area contributed by atoms with Crippen molar-refractivity contribution in [2.45, 2.75) is 0 Å². The zero-order chi connectivity index (χ0) is 14.9. The monoisotopic (exact) mass is 370 g/mol. The van der Waals surface area contributed by atoms with Gasteiger partial charge in [0.25, 0.3) is 0 Å². The van der Waals surface area contributed by atoms with E-state index < -0.39 is 15.0 Å². The summed E-state index contributed by atoms with van der Waals surface area (Å²) in [4.78, 5) is 0. The standard InChI is InChI=1S/C18H12AsClO2/c20-13-9-11-14(12-10-13)22-19-15-5-1-3-7-17(15)21-18-8-4-2-6-16(18)19/h1-12H. The molecule has 2 nitrogen and oxygen atoms in total. The molecule has 1 heterocycles. The molecule has 22 heavy (non-hydrogen) atoms. The number of benzene rings is 3. The van der Waals surface area contributed by atoms with Gasteiger partial charge in [0.15, 0.2) is 0 Å². The molecule has 3 aromatic rings. The third kappa shape index (κ3) is 2.49. The quantitative estimate of drug-likeness (QED) is 0.641. The predicted octanol–water partition coefficient (Wildman–Crippen LogP) is 3.63. The molecule has 0 N–H and O–H groups in total. The minimum absolute atomic E-state index is 0.711. The van der Waals surface area contributed by atoms with Gasteiger partial charge in [-0.05, 0) is 0 Å². The fourth-order valence-electron chi connectivity index (χ4n) is 2.37. The number of para-hydroxylation sites is 2. The van der Waals surface area contributed by atoms with Gasteiger partial charge < -0.3 is 0 Å². The van der Waals surface area contributed by atoms with E-state index in [0.29, 0.717) is 5.02 Å². The number of ether oxygens (including phenoxy) is 1. The Morgan fingerprint density at radius 2 is 1.27 bits per heavy atom. The molecule has 1 aliphatic rings. The van der Waals surface area contributed by atoms with Crippen molar-refractivity contribution in [3.05, 3.63) is 77.8 Å². The summed E-state index contributed by atoms with van der Waals surface area (Å²) in [5.74, 6) is 2.64. The van der Waals surface area contributed by atoms with E-state index in [0.717, 1.165) is 17.2 Å². The van der Waals surface area contributed by atoms with Gasteiger partial charge in [0.05, 0.1) is 0 Å². The molecular weight excluding hydrogens is 359 g/mol. The number of halogens is 1. The van der Waals surface area contributed by atoms with Crippen LogP contribution in [0, 0.1) is 0 Å². The third-order valence-electron chi connectivity index (χ3n) is 3.40. The molecule has 0 atom stereocenters. The molecule has 0 unspecified atom stereocenters. The van der Waals surface area contributed by atoms with E-state index in [4.69, 9.17) is 20.1 Å². The molecule has 0 radical (unpaired) electrons. The van der Waals surface area contributed by atoms with Gasteiger partial charge in [-0.15, -0.1) is 0 Å². The average Bonchev–Trinajstić information content (AvgIpc) is 2.56. The van der Waals surface area contributed by atoms with Crippen LogP contribution >= 0.6 is 11.6 Å². The van der Waals surface area contributed by atoms with Crippen molar-refractivity contribution in [3.8, 4) is 17.2 Å². The van der Waals surface area contributed by atoms with Crippen molar-refractivity contribution in [1.29, 1.82) is 0 Å². The van der Waals surface area contributed by atoms with E-state index in [9.17, 15) is 0 Å². The molecule has 0 aliphatic carbocycles. The second kappa shape index (κ2) is 5.72. The second-order valence-electron chi connectivity index (χ2n) is 4.88. The van der Waals surface area contributed by atoms with E-state index in [1.807, 2.05) is 60.7 Å². The normalized spacial score (nSPS) is 13.0. The maximum atomic E-state index is 6.37. The number of rotatable bonds is 2. The molecule has 0 aromatic heterocycles. The Morgan fingerprint density at radius 3 is 1.86 bits per heavy atom.